The first-order valence-electron chi connectivity index (χ1n) is 2.69. The van der Waals surface area contributed by atoms with Crippen molar-refractivity contribution in [3.8, 4) is 0 Å². The second kappa shape index (κ2) is 3.28. The van der Waals surface area contributed by atoms with Crippen molar-refractivity contribution in [2.75, 3.05) is 13.1 Å². The maximum Gasteiger partial charge on any atom is 0.0702 e. The van der Waals surface area contributed by atoms with Crippen LogP contribution in [0.1, 0.15) is 6.92 Å². The van der Waals surface area contributed by atoms with Crippen LogP contribution in [0.2, 0.25) is 0 Å². The Kier molecular flexibility index (Phi) is 3.36. The highest BCUT2D eigenvalue weighted by Gasteiger charge is 2.18. The normalized spacial score (nSPS) is 36.8. The lowest BCUT2D eigenvalue weighted by atomic mass is 10.1. The zero-order valence-electron chi connectivity index (χ0n) is 4.92. The van der Waals surface area contributed by atoms with Gasteiger partial charge in [0.1, 0.15) is 0 Å². The molecule has 1 rings (SSSR count). The second-order valence-electron chi connectivity index (χ2n) is 2.20. The molecule has 1 aliphatic rings. The zero-order chi connectivity index (χ0) is 5.28. The van der Waals surface area contributed by atoms with Crippen molar-refractivity contribution in [1.29, 1.82) is 0 Å². The van der Waals surface area contributed by atoms with Gasteiger partial charge in [-0.2, -0.15) is 0 Å². The Morgan fingerprint density at radius 3 is 2.25 bits per heavy atom. The summed E-state index contributed by atoms with van der Waals surface area (Å²) in [5.41, 5.74) is 0. The Morgan fingerprint density at radius 2 is 2.12 bits per heavy atom. The topological polar surface area (TPSA) is 32.3 Å². The van der Waals surface area contributed by atoms with Gasteiger partial charge in [-0.15, -0.1) is 12.4 Å². The number of aliphatic hydroxyl groups is 1. The average Bonchev–Trinajstić information content (AvgIpc) is 1.91. The fourth-order valence-corrected chi connectivity index (χ4v) is 0.796. The minimum Gasteiger partial charge on any atom is -0.391 e. The van der Waals surface area contributed by atoms with Crippen LogP contribution in [-0.2, 0) is 0 Å². The molecule has 1 aliphatic heterocycles. The quantitative estimate of drug-likeness (QED) is 0.493. The van der Waals surface area contributed by atoms with Gasteiger partial charge in [-0.05, 0) is 5.92 Å². The fraction of sp³-hybridized carbons (Fsp3) is 1.00. The molecule has 0 aromatic heterocycles. The largest absolute Gasteiger partial charge is 0.391 e. The monoisotopic (exact) mass is 137 g/mol. The van der Waals surface area contributed by atoms with Crippen LogP contribution in [0.5, 0.6) is 0 Å². The summed E-state index contributed by atoms with van der Waals surface area (Å²) in [5, 5.41) is 12.0. The van der Waals surface area contributed by atoms with Crippen LogP contribution < -0.4 is 5.32 Å². The van der Waals surface area contributed by atoms with E-state index in [0.717, 1.165) is 13.1 Å². The van der Waals surface area contributed by atoms with Gasteiger partial charge >= 0.3 is 0 Å². The molecule has 0 aliphatic carbocycles. The van der Waals surface area contributed by atoms with Gasteiger partial charge in [0.25, 0.3) is 0 Å². The number of nitrogens with one attached hydrogen (secondary N) is 1. The Morgan fingerprint density at radius 1 is 1.50 bits per heavy atom. The van der Waals surface area contributed by atoms with Crippen molar-refractivity contribution in [3.05, 3.63) is 0 Å². The third-order valence-corrected chi connectivity index (χ3v) is 1.48. The van der Waals surface area contributed by atoms with Gasteiger partial charge in [0.2, 0.25) is 0 Å². The van der Waals surface area contributed by atoms with E-state index in [1.54, 1.807) is 0 Å². The maximum absolute atomic E-state index is 8.94. The summed E-state index contributed by atoms with van der Waals surface area (Å²) < 4.78 is 0. The van der Waals surface area contributed by atoms with Gasteiger partial charge < -0.3 is 10.4 Å². The van der Waals surface area contributed by atoms with E-state index < -0.39 is 0 Å². The molecule has 0 amide bonds. The number of β-amino-alcohol motifs (C(OH)–C–C–N with tert-alkyl or cyclic N) is 1. The van der Waals surface area contributed by atoms with Crippen molar-refractivity contribution >= 4 is 12.4 Å². The molecule has 50 valence electrons. The van der Waals surface area contributed by atoms with Crippen LogP contribution in [0, 0.1) is 5.92 Å². The summed E-state index contributed by atoms with van der Waals surface area (Å²) >= 11 is 0. The lowest BCUT2D eigenvalue weighted by Gasteiger charge is -2.02. The zero-order valence-corrected chi connectivity index (χ0v) is 5.74. The molecule has 1 heterocycles. The highest BCUT2D eigenvalue weighted by Crippen LogP contribution is 2.05. The number of hydrogen-bond donors (Lipinski definition) is 2. The smallest absolute Gasteiger partial charge is 0.0702 e. The van der Waals surface area contributed by atoms with Crippen LogP contribution >= 0.6 is 12.4 Å². The molecule has 0 aromatic carbocycles. The highest BCUT2D eigenvalue weighted by molar-refractivity contribution is 5.85. The number of halogens is 1. The van der Waals surface area contributed by atoms with Crippen LogP contribution in [0.25, 0.3) is 0 Å². The molecule has 8 heavy (non-hydrogen) atoms. The lowest BCUT2D eigenvalue weighted by Crippen LogP contribution is -2.14. The summed E-state index contributed by atoms with van der Waals surface area (Å²) in [4.78, 5) is 0. The lowest BCUT2D eigenvalue weighted by molar-refractivity contribution is 0.156. The molecular formula is C5H12ClNO. The van der Waals surface area contributed by atoms with E-state index in [9.17, 15) is 0 Å². The summed E-state index contributed by atoms with van der Waals surface area (Å²) in [6.07, 6.45) is -0.0972. The average molecular weight is 138 g/mol. The van der Waals surface area contributed by atoms with Gasteiger partial charge in [0.15, 0.2) is 0 Å². The fourth-order valence-electron chi connectivity index (χ4n) is 0.796. The minimum atomic E-state index is -0.0972. The molecular weight excluding hydrogens is 126 g/mol. The summed E-state index contributed by atoms with van der Waals surface area (Å²) in [6, 6.07) is 0. The maximum atomic E-state index is 8.94. The molecule has 0 bridgehead atoms. The van der Waals surface area contributed by atoms with E-state index in [1.165, 1.54) is 0 Å². The Bertz CT molecular complexity index is 61.4. The third kappa shape index (κ3) is 1.62. The Hall–Kier alpha value is 0.210. The SMILES string of the molecule is C[C@H]1CNC[C@@H]1O.Cl. The molecule has 1 saturated heterocycles. The van der Waals surface area contributed by atoms with E-state index in [1.807, 2.05) is 6.92 Å². The van der Waals surface area contributed by atoms with Gasteiger partial charge in [-0.25, -0.2) is 0 Å². The van der Waals surface area contributed by atoms with Crippen LogP contribution in [-0.4, -0.2) is 24.3 Å². The molecule has 2 atom stereocenters. The summed E-state index contributed by atoms with van der Waals surface area (Å²) in [6.45, 7) is 3.80. The predicted octanol–water partition coefficient (Wildman–Crippen LogP) is 0.00840. The molecule has 0 unspecified atom stereocenters. The van der Waals surface area contributed by atoms with Crippen molar-refractivity contribution in [3.63, 3.8) is 0 Å². The van der Waals surface area contributed by atoms with E-state index in [0.29, 0.717) is 5.92 Å². The highest BCUT2D eigenvalue weighted by atomic mass is 35.5. The molecule has 3 heteroatoms. The van der Waals surface area contributed by atoms with E-state index >= 15 is 0 Å². The molecule has 0 aromatic rings. The number of rotatable bonds is 0. The van der Waals surface area contributed by atoms with Crippen molar-refractivity contribution in [1.82, 2.24) is 5.32 Å². The minimum absolute atomic E-state index is 0. The van der Waals surface area contributed by atoms with Gasteiger partial charge in [-0.1, -0.05) is 6.92 Å². The molecule has 2 nitrogen and oxygen atoms in total. The Balaban J connectivity index is 0.000000490. The predicted molar refractivity (Wildman–Crippen MR) is 35.3 cm³/mol. The second-order valence-corrected chi connectivity index (χ2v) is 2.20. The third-order valence-electron chi connectivity index (χ3n) is 1.48. The van der Waals surface area contributed by atoms with E-state index in [-0.39, 0.29) is 18.5 Å². The van der Waals surface area contributed by atoms with Crippen molar-refractivity contribution < 1.29 is 5.11 Å². The van der Waals surface area contributed by atoms with Gasteiger partial charge in [0, 0.05) is 13.1 Å². The molecule has 2 N–H and O–H groups in total. The number of hydrogen-bond acceptors (Lipinski definition) is 2. The molecule has 0 radical (unpaired) electrons. The van der Waals surface area contributed by atoms with Crippen LogP contribution in [0.15, 0.2) is 0 Å². The molecule has 1 fully saturated rings. The summed E-state index contributed by atoms with van der Waals surface area (Å²) in [5.74, 6) is 0.458. The summed E-state index contributed by atoms with van der Waals surface area (Å²) in [7, 11) is 0. The molecule has 0 spiro atoms. The first-order chi connectivity index (χ1) is 3.30. The van der Waals surface area contributed by atoms with E-state index in [2.05, 4.69) is 5.32 Å². The standard InChI is InChI=1S/C5H11NO.ClH/c1-4-2-6-3-5(4)7;/h4-7H,2-3H2,1H3;1H/t4-,5-;/m0./s1. The van der Waals surface area contributed by atoms with Crippen molar-refractivity contribution in [2.24, 2.45) is 5.92 Å². The number of aliphatic hydroxyl groups excluding tert-OH is 1. The Labute approximate surface area is 55.7 Å². The van der Waals surface area contributed by atoms with E-state index in [4.69, 9.17) is 5.11 Å². The molecule has 0 saturated carbocycles. The van der Waals surface area contributed by atoms with Gasteiger partial charge in [-0.3, -0.25) is 0 Å². The van der Waals surface area contributed by atoms with Crippen LogP contribution in [0.3, 0.4) is 0 Å². The van der Waals surface area contributed by atoms with Crippen molar-refractivity contribution in [2.45, 2.75) is 13.0 Å². The van der Waals surface area contributed by atoms with Crippen LogP contribution in [0.4, 0.5) is 0 Å². The van der Waals surface area contributed by atoms with Gasteiger partial charge in [0.05, 0.1) is 6.10 Å². The first-order valence-corrected chi connectivity index (χ1v) is 2.69. The first kappa shape index (κ1) is 8.21.